The third-order valence-corrected chi connectivity index (χ3v) is 6.44. The number of aryl methyl sites for hydroxylation is 1. The molecule has 0 bridgehead atoms. The van der Waals surface area contributed by atoms with Gasteiger partial charge in [-0.25, -0.2) is 4.21 Å². The highest BCUT2D eigenvalue weighted by Gasteiger charge is 2.15. The molecule has 1 unspecified atom stereocenters. The van der Waals surface area contributed by atoms with E-state index >= 15 is 0 Å². The summed E-state index contributed by atoms with van der Waals surface area (Å²) < 4.78 is 21.4. The Hall–Kier alpha value is -2.31. The fourth-order valence-corrected chi connectivity index (χ4v) is 4.74. The van der Waals surface area contributed by atoms with Crippen molar-refractivity contribution < 1.29 is 8.95 Å². The number of benzene rings is 3. The van der Waals surface area contributed by atoms with Crippen LogP contribution in [0.5, 0.6) is 11.5 Å². The summed E-state index contributed by atoms with van der Waals surface area (Å²) >= 11 is 19.0. The molecule has 0 amide bonds. The van der Waals surface area contributed by atoms with E-state index in [0.717, 1.165) is 16.5 Å². The van der Waals surface area contributed by atoms with Crippen LogP contribution in [-0.2, 0) is 11.0 Å². The van der Waals surface area contributed by atoms with Crippen molar-refractivity contribution in [1.29, 1.82) is 0 Å². The van der Waals surface area contributed by atoms with Crippen LogP contribution >= 0.6 is 34.8 Å². The van der Waals surface area contributed by atoms with Crippen molar-refractivity contribution >= 4 is 62.4 Å². The average Bonchev–Trinajstić information content (AvgIpc) is 2.70. The van der Waals surface area contributed by atoms with Gasteiger partial charge < -0.3 is 9.46 Å². The number of halogens is 3. The number of nitrogens with one attached hydrogen (secondary N) is 1. The lowest BCUT2D eigenvalue weighted by Gasteiger charge is -2.13. The van der Waals surface area contributed by atoms with Crippen LogP contribution < -0.4 is 9.46 Å². The van der Waals surface area contributed by atoms with Crippen LogP contribution in [0, 0.1) is 6.92 Å². The summed E-state index contributed by atoms with van der Waals surface area (Å²) in [6.45, 7) is 1.91. The number of aromatic nitrogens is 1. The Bertz CT molecular complexity index is 1260. The number of rotatable bonds is 5. The molecule has 1 aromatic heterocycles. The summed E-state index contributed by atoms with van der Waals surface area (Å²) in [4.78, 5) is 4.83. The minimum Gasteiger partial charge on any atom is -0.453 e. The van der Waals surface area contributed by atoms with Crippen LogP contribution in [0.2, 0.25) is 15.1 Å². The van der Waals surface area contributed by atoms with Crippen molar-refractivity contribution in [2.24, 2.45) is 0 Å². The maximum absolute atomic E-state index is 12.7. The quantitative estimate of drug-likeness (QED) is 0.325. The zero-order chi connectivity index (χ0) is 21.3. The van der Waals surface area contributed by atoms with Gasteiger partial charge in [-0.05, 0) is 48.9 Å². The maximum atomic E-state index is 12.7. The fourth-order valence-electron chi connectivity index (χ4n) is 2.86. The predicted octanol–water partition coefficient (Wildman–Crippen LogP) is 7.43. The zero-order valence-corrected chi connectivity index (χ0v) is 18.7. The third kappa shape index (κ3) is 4.55. The van der Waals surface area contributed by atoms with Gasteiger partial charge in [-0.3, -0.25) is 4.98 Å². The van der Waals surface area contributed by atoms with Gasteiger partial charge in [-0.2, -0.15) is 0 Å². The molecule has 0 radical (unpaired) electrons. The van der Waals surface area contributed by atoms with Crippen molar-refractivity contribution in [3.8, 4) is 11.5 Å². The molecule has 0 fully saturated rings. The second-order valence-corrected chi connectivity index (χ2v) is 8.94. The van der Waals surface area contributed by atoms with Crippen molar-refractivity contribution in [2.45, 2.75) is 11.8 Å². The first-order valence-electron chi connectivity index (χ1n) is 8.87. The Balaban J connectivity index is 1.57. The molecule has 1 N–H and O–H groups in total. The van der Waals surface area contributed by atoms with Gasteiger partial charge in [0.1, 0.15) is 5.75 Å². The molecule has 1 atom stereocenters. The van der Waals surface area contributed by atoms with E-state index in [0.29, 0.717) is 27.1 Å². The Kier molecular flexibility index (Phi) is 6.16. The van der Waals surface area contributed by atoms with Crippen LogP contribution in [0.4, 0.5) is 5.69 Å². The minimum atomic E-state index is -1.58. The van der Waals surface area contributed by atoms with Crippen LogP contribution in [0.1, 0.15) is 5.56 Å². The van der Waals surface area contributed by atoms with Gasteiger partial charge >= 0.3 is 0 Å². The molecule has 152 valence electrons. The maximum Gasteiger partial charge on any atom is 0.164 e. The van der Waals surface area contributed by atoms with Gasteiger partial charge in [0.15, 0.2) is 16.7 Å². The first-order valence-corrected chi connectivity index (χ1v) is 11.2. The molecular weight excluding hydrogens is 463 g/mol. The van der Waals surface area contributed by atoms with E-state index in [2.05, 4.69) is 9.71 Å². The van der Waals surface area contributed by atoms with E-state index in [-0.39, 0.29) is 10.0 Å². The Morgan fingerprint density at radius 2 is 1.67 bits per heavy atom. The first-order chi connectivity index (χ1) is 14.4. The third-order valence-electron chi connectivity index (χ3n) is 4.28. The van der Waals surface area contributed by atoms with Gasteiger partial charge in [0.2, 0.25) is 0 Å². The predicted molar refractivity (Wildman–Crippen MR) is 124 cm³/mol. The molecule has 30 heavy (non-hydrogen) atoms. The molecule has 4 aromatic rings. The zero-order valence-electron chi connectivity index (χ0n) is 15.7. The van der Waals surface area contributed by atoms with E-state index in [1.807, 2.05) is 43.3 Å². The van der Waals surface area contributed by atoms with Crippen molar-refractivity contribution in [3.05, 3.63) is 87.5 Å². The smallest absolute Gasteiger partial charge is 0.164 e. The molecule has 1 heterocycles. The van der Waals surface area contributed by atoms with Crippen LogP contribution in [0.3, 0.4) is 0 Å². The normalized spacial score (nSPS) is 12.0. The molecule has 0 aliphatic rings. The topological polar surface area (TPSA) is 51.2 Å². The summed E-state index contributed by atoms with van der Waals surface area (Å²) in [6, 6.07) is 18.1. The van der Waals surface area contributed by atoms with Gasteiger partial charge in [-0.1, -0.05) is 59.1 Å². The minimum absolute atomic E-state index is 0.269. The molecule has 4 nitrogen and oxygen atoms in total. The SMILES string of the molecule is Cc1ccc(S(=O)Nc2cc(Cl)c(Oc3cnc4ccccc4c3)c(Cl)c2)c(Cl)c1. The molecular formula is C22H15Cl3N2O2S. The number of fused-ring (bicyclic) bond motifs is 1. The lowest BCUT2D eigenvalue weighted by molar-refractivity contribution is 0.482. The number of hydrogen-bond acceptors (Lipinski definition) is 3. The number of nitrogens with zero attached hydrogens (tertiary/aromatic N) is 1. The number of hydrogen-bond donors (Lipinski definition) is 1. The monoisotopic (exact) mass is 476 g/mol. The first kappa shape index (κ1) is 20.9. The summed E-state index contributed by atoms with van der Waals surface area (Å²) in [5.41, 5.74) is 2.32. The molecule has 0 saturated carbocycles. The van der Waals surface area contributed by atoms with Crippen LogP contribution in [0.25, 0.3) is 10.9 Å². The fraction of sp³-hybridized carbons (Fsp3) is 0.0455. The van der Waals surface area contributed by atoms with Gasteiger partial charge in [-0.15, -0.1) is 0 Å². The summed E-state index contributed by atoms with van der Waals surface area (Å²) in [6.07, 6.45) is 1.61. The lowest BCUT2D eigenvalue weighted by Crippen LogP contribution is -2.05. The molecule has 4 rings (SSSR count). The molecule has 3 aromatic carbocycles. The molecule has 0 aliphatic carbocycles. The molecule has 8 heteroatoms. The highest BCUT2D eigenvalue weighted by Crippen LogP contribution is 2.39. The second-order valence-electron chi connectivity index (χ2n) is 6.54. The largest absolute Gasteiger partial charge is 0.453 e. The molecule has 0 aliphatic heterocycles. The van der Waals surface area contributed by atoms with Crippen molar-refractivity contribution in [2.75, 3.05) is 4.72 Å². The summed E-state index contributed by atoms with van der Waals surface area (Å²) in [5.74, 6) is 0.799. The van der Waals surface area contributed by atoms with Crippen molar-refractivity contribution in [3.63, 3.8) is 0 Å². The summed E-state index contributed by atoms with van der Waals surface area (Å²) in [5, 5.41) is 1.89. The van der Waals surface area contributed by atoms with E-state index in [1.165, 1.54) is 0 Å². The highest BCUT2D eigenvalue weighted by molar-refractivity contribution is 7.86. The molecule has 0 saturated heterocycles. The lowest BCUT2D eigenvalue weighted by atomic mass is 10.2. The Labute approximate surface area is 191 Å². The highest BCUT2D eigenvalue weighted by atomic mass is 35.5. The second kappa shape index (κ2) is 8.82. The van der Waals surface area contributed by atoms with Crippen LogP contribution in [0.15, 0.2) is 71.8 Å². The van der Waals surface area contributed by atoms with Gasteiger partial charge in [0, 0.05) is 11.1 Å². The van der Waals surface area contributed by atoms with E-state index in [9.17, 15) is 4.21 Å². The van der Waals surface area contributed by atoms with E-state index in [4.69, 9.17) is 39.5 Å². The standard InChI is InChI=1S/C22H15Cl3N2O2S/c1-13-6-7-21(17(23)8-13)30(28)27-15-10-18(24)22(19(25)11-15)29-16-9-14-4-2-3-5-20(14)26-12-16/h2-12,27H,1H3. The Morgan fingerprint density at radius 3 is 2.40 bits per heavy atom. The number of pyridine rings is 1. The average molecular weight is 478 g/mol. The van der Waals surface area contributed by atoms with E-state index < -0.39 is 11.0 Å². The number of ether oxygens (including phenoxy) is 1. The number of para-hydroxylation sites is 1. The van der Waals surface area contributed by atoms with Crippen molar-refractivity contribution in [1.82, 2.24) is 4.98 Å². The summed E-state index contributed by atoms with van der Waals surface area (Å²) in [7, 11) is -1.58. The van der Waals surface area contributed by atoms with Gasteiger partial charge in [0.05, 0.1) is 31.7 Å². The van der Waals surface area contributed by atoms with E-state index in [1.54, 1.807) is 30.5 Å². The van der Waals surface area contributed by atoms with Crippen LogP contribution in [-0.4, -0.2) is 9.19 Å². The number of anilines is 1. The Morgan fingerprint density at radius 1 is 0.933 bits per heavy atom. The van der Waals surface area contributed by atoms with Gasteiger partial charge in [0.25, 0.3) is 0 Å². The molecule has 0 spiro atoms.